The quantitative estimate of drug-likeness (QED) is 0.451. The van der Waals surface area contributed by atoms with Gasteiger partial charge in [0.05, 0.1) is 18.6 Å². The van der Waals surface area contributed by atoms with Crippen LogP contribution in [-0.2, 0) is 19.6 Å². The summed E-state index contributed by atoms with van der Waals surface area (Å²) in [6.45, 7) is 13.6. The van der Waals surface area contributed by atoms with Gasteiger partial charge in [-0.25, -0.2) is 8.42 Å². The zero-order chi connectivity index (χ0) is 25.3. The number of ether oxygens (including phenoxy) is 2. The van der Waals surface area contributed by atoms with Gasteiger partial charge in [-0.1, -0.05) is 27.2 Å². The van der Waals surface area contributed by atoms with E-state index in [0.29, 0.717) is 47.7 Å². The summed E-state index contributed by atoms with van der Waals surface area (Å²) in [5, 5.41) is 2.96. The van der Waals surface area contributed by atoms with Crippen LogP contribution in [-0.4, -0.2) is 82.1 Å². The van der Waals surface area contributed by atoms with E-state index in [-0.39, 0.29) is 18.6 Å². The first-order chi connectivity index (χ1) is 16.2. The Kier molecular flexibility index (Phi) is 11.3. The van der Waals surface area contributed by atoms with Gasteiger partial charge in [-0.2, -0.15) is 4.31 Å². The van der Waals surface area contributed by atoms with Crippen molar-refractivity contribution in [2.75, 3.05) is 46.4 Å². The summed E-state index contributed by atoms with van der Waals surface area (Å²) >= 11 is 0. The van der Waals surface area contributed by atoms with Crippen LogP contribution in [0.5, 0.6) is 5.75 Å². The van der Waals surface area contributed by atoms with Gasteiger partial charge in [0.1, 0.15) is 11.9 Å². The lowest BCUT2D eigenvalue weighted by Crippen LogP contribution is -2.48. The van der Waals surface area contributed by atoms with Crippen LogP contribution >= 0.6 is 0 Å². The fourth-order valence-corrected chi connectivity index (χ4v) is 6.70. The van der Waals surface area contributed by atoms with Crippen molar-refractivity contribution in [3.05, 3.63) is 23.3 Å². The first kappa shape index (κ1) is 28.6. The molecule has 1 N–H and O–H groups in total. The molecule has 0 saturated carbocycles. The van der Waals surface area contributed by atoms with E-state index in [9.17, 15) is 13.2 Å². The largest absolute Gasteiger partial charge is 0.497 e. The Bertz CT molecular complexity index is 879. The van der Waals surface area contributed by atoms with E-state index < -0.39 is 16.1 Å². The lowest BCUT2D eigenvalue weighted by atomic mass is 10.1. The molecule has 0 aliphatic carbocycles. The third kappa shape index (κ3) is 7.16. The molecular weight excluding hydrogens is 454 g/mol. The molecular formula is C25H43N3O5S. The van der Waals surface area contributed by atoms with Crippen LogP contribution in [0, 0.1) is 13.8 Å². The van der Waals surface area contributed by atoms with Gasteiger partial charge in [-0.05, 0) is 69.5 Å². The number of nitrogens with zero attached hydrogens (tertiary/aromatic N) is 2. The van der Waals surface area contributed by atoms with Gasteiger partial charge in [-0.15, -0.1) is 0 Å². The molecule has 1 aromatic rings. The monoisotopic (exact) mass is 497 g/mol. The number of hydrogen-bond acceptors (Lipinski definition) is 6. The molecule has 2 unspecified atom stereocenters. The summed E-state index contributed by atoms with van der Waals surface area (Å²) in [7, 11) is -2.14. The van der Waals surface area contributed by atoms with Gasteiger partial charge >= 0.3 is 0 Å². The second-order valence-corrected chi connectivity index (χ2v) is 10.7. The number of methoxy groups -OCH3 is 1. The van der Waals surface area contributed by atoms with Crippen LogP contribution in [0.15, 0.2) is 17.0 Å². The topological polar surface area (TPSA) is 88.2 Å². The average molecular weight is 498 g/mol. The molecule has 1 amide bonds. The highest BCUT2D eigenvalue weighted by Crippen LogP contribution is 2.32. The number of piperidine rings is 1. The second kappa shape index (κ2) is 13.4. The zero-order valence-electron chi connectivity index (χ0n) is 21.7. The summed E-state index contributed by atoms with van der Waals surface area (Å²) in [6.07, 6.45) is 2.41. The Labute approximate surface area is 206 Å². The van der Waals surface area contributed by atoms with Crippen molar-refractivity contribution >= 4 is 15.9 Å². The van der Waals surface area contributed by atoms with Crippen LogP contribution in [0.4, 0.5) is 0 Å². The molecule has 1 heterocycles. The molecule has 1 aliphatic heterocycles. The van der Waals surface area contributed by atoms with Crippen molar-refractivity contribution in [1.82, 2.24) is 14.5 Å². The number of carbonyl (C=O) groups excluding carboxylic acids is 1. The third-order valence-electron chi connectivity index (χ3n) is 6.58. The number of rotatable bonds is 13. The van der Waals surface area contributed by atoms with Crippen molar-refractivity contribution in [3.63, 3.8) is 0 Å². The van der Waals surface area contributed by atoms with E-state index in [4.69, 9.17) is 9.47 Å². The molecule has 2 rings (SSSR count). The van der Waals surface area contributed by atoms with E-state index >= 15 is 0 Å². The highest BCUT2D eigenvalue weighted by atomic mass is 32.2. The van der Waals surface area contributed by atoms with Crippen LogP contribution < -0.4 is 10.1 Å². The number of benzene rings is 1. The van der Waals surface area contributed by atoms with Gasteiger partial charge in [0.25, 0.3) is 0 Å². The van der Waals surface area contributed by atoms with Crippen molar-refractivity contribution in [1.29, 1.82) is 0 Å². The molecule has 2 atom stereocenters. The van der Waals surface area contributed by atoms with Crippen LogP contribution in [0.1, 0.15) is 57.6 Å². The Morgan fingerprint density at radius 2 is 1.82 bits per heavy atom. The van der Waals surface area contributed by atoms with Crippen molar-refractivity contribution < 1.29 is 22.7 Å². The summed E-state index contributed by atoms with van der Waals surface area (Å²) in [4.78, 5) is 15.2. The van der Waals surface area contributed by atoms with Gasteiger partial charge < -0.3 is 19.7 Å². The molecule has 1 fully saturated rings. The standard InChI is InChI=1S/C25H43N3O5S/c1-7-23(25(29)26-13-15-27(8-2)9-3)33-18-21-12-10-11-14-28(21)34(30,31)24-19(4)16-22(32-6)17-20(24)5/h16-17,21,23H,7-15,18H2,1-6H3,(H,26,29). The third-order valence-corrected chi connectivity index (χ3v) is 8.84. The summed E-state index contributed by atoms with van der Waals surface area (Å²) in [5.41, 5.74) is 1.34. The first-order valence-electron chi connectivity index (χ1n) is 12.5. The second-order valence-electron chi connectivity index (χ2n) is 8.90. The van der Waals surface area contributed by atoms with Gasteiger partial charge in [0.2, 0.25) is 15.9 Å². The van der Waals surface area contributed by atoms with Gasteiger partial charge in [0.15, 0.2) is 0 Å². The minimum atomic E-state index is -3.71. The smallest absolute Gasteiger partial charge is 0.249 e. The van der Waals surface area contributed by atoms with E-state index in [2.05, 4.69) is 24.1 Å². The fourth-order valence-electron chi connectivity index (χ4n) is 4.61. The molecule has 1 saturated heterocycles. The highest BCUT2D eigenvalue weighted by molar-refractivity contribution is 7.89. The molecule has 8 nitrogen and oxygen atoms in total. The first-order valence-corrected chi connectivity index (χ1v) is 13.9. The molecule has 9 heteroatoms. The van der Waals surface area contributed by atoms with Crippen molar-refractivity contribution in [2.45, 2.75) is 77.3 Å². The molecule has 0 radical (unpaired) electrons. The Morgan fingerprint density at radius 1 is 1.18 bits per heavy atom. The molecule has 0 aromatic heterocycles. The summed E-state index contributed by atoms with van der Waals surface area (Å²) < 4.78 is 40.3. The maximum absolute atomic E-state index is 13.7. The van der Waals surface area contributed by atoms with E-state index in [1.807, 2.05) is 6.92 Å². The number of aryl methyl sites for hydroxylation is 2. The predicted molar refractivity (Wildman–Crippen MR) is 135 cm³/mol. The number of amides is 1. The Morgan fingerprint density at radius 3 is 2.38 bits per heavy atom. The number of carbonyl (C=O) groups is 1. The van der Waals surface area contributed by atoms with Gasteiger partial charge in [-0.3, -0.25) is 4.79 Å². The Balaban J connectivity index is 2.09. The SMILES string of the molecule is CCC(OCC1CCCCN1S(=O)(=O)c1c(C)cc(OC)cc1C)C(=O)NCCN(CC)CC. The number of likely N-dealkylation sites (N-methyl/N-ethyl adjacent to an activating group) is 1. The number of sulfonamides is 1. The molecule has 1 aliphatic rings. The van der Waals surface area contributed by atoms with E-state index in [0.717, 1.165) is 32.5 Å². The van der Waals surface area contributed by atoms with Gasteiger partial charge in [0, 0.05) is 25.7 Å². The molecule has 0 bridgehead atoms. The van der Waals surface area contributed by atoms with E-state index in [1.54, 1.807) is 37.4 Å². The highest BCUT2D eigenvalue weighted by Gasteiger charge is 2.36. The van der Waals surface area contributed by atoms with Crippen molar-refractivity contribution in [2.24, 2.45) is 0 Å². The molecule has 0 spiro atoms. The minimum Gasteiger partial charge on any atom is -0.497 e. The van der Waals surface area contributed by atoms with E-state index in [1.165, 1.54) is 0 Å². The minimum absolute atomic E-state index is 0.137. The normalized spacial score (nSPS) is 18.1. The lowest BCUT2D eigenvalue weighted by Gasteiger charge is -2.36. The molecule has 194 valence electrons. The fraction of sp³-hybridized carbons (Fsp3) is 0.720. The summed E-state index contributed by atoms with van der Waals surface area (Å²) in [6, 6.07) is 3.22. The van der Waals surface area contributed by atoms with Crippen molar-refractivity contribution in [3.8, 4) is 5.75 Å². The number of hydrogen-bond donors (Lipinski definition) is 1. The van der Waals surface area contributed by atoms with Crippen LogP contribution in [0.2, 0.25) is 0 Å². The number of nitrogens with one attached hydrogen (secondary N) is 1. The summed E-state index contributed by atoms with van der Waals surface area (Å²) in [5.74, 6) is 0.506. The average Bonchev–Trinajstić information content (AvgIpc) is 2.81. The zero-order valence-corrected chi connectivity index (χ0v) is 22.5. The van der Waals surface area contributed by atoms with Crippen LogP contribution in [0.3, 0.4) is 0 Å². The molecule has 34 heavy (non-hydrogen) atoms. The Hall–Kier alpha value is -1.68. The maximum Gasteiger partial charge on any atom is 0.249 e. The maximum atomic E-state index is 13.7. The lowest BCUT2D eigenvalue weighted by molar-refractivity contribution is -0.134. The predicted octanol–water partition coefficient (Wildman–Crippen LogP) is 3.11. The van der Waals surface area contributed by atoms with Crippen LogP contribution in [0.25, 0.3) is 0 Å². The molecule has 1 aromatic carbocycles.